The van der Waals surface area contributed by atoms with Crippen molar-refractivity contribution in [1.82, 2.24) is 0 Å². The van der Waals surface area contributed by atoms with E-state index in [1.54, 1.807) is 12.1 Å². The van der Waals surface area contributed by atoms with Gasteiger partial charge in [-0.1, -0.05) is 19.8 Å². The van der Waals surface area contributed by atoms with E-state index in [1.165, 1.54) is 6.07 Å². The second-order valence-electron chi connectivity index (χ2n) is 3.13. The van der Waals surface area contributed by atoms with E-state index < -0.39 is 0 Å². The van der Waals surface area contributed by atoms with E-state index in [0.29, 0.717) is 16.8 Å². The molecule has 0 aromatic heterocycles. The molecule has 0 saturated carbocycles. The van der Waals surface area contributed by atoms with Crippen LogP contribution in [0.3, 0.4) is 0 Å². The summed E-state index contributed by atoms with van der Waals surface area (Å²) >= 11 is 3.09. The molecule has 0 amide bonds. The molecule has 0 heterocycles. The van der Waals surface area contributed by atoms with E-state index in [4.69, 9.17) is 4.74 Å². The SMILES string of the molecule is CCCCCOc1ccc(Br)c(F)c1. The van der Waals surface area contributed by atoms with Crippen LogP contribution in [0.4, 0.5) is 4.39 Å². The van der Waals surface area contributed by atoms with E-state index in [9.17, 15) is 4.39 Å². The number of rotatable bonds is 5. The van der Waals surface area contributed by atoms with Crippen LogP contribution in [0.25, 0.3) is 0 Å². The molecule has 0 atom stereocenters. The van der Waals surface area contributed by atoms with Gasteiger partial charge in [0.15, 0.2) is 0 Å². The molecule has 0 aliphatic carbocycles. The molecule has 0 saturated heterocycles. The zero-order valence-electron chi connectivity index (χ0n) is 8.22. The molecule has 0 aliphatic heterocycles. The lowest BCUT2D eigenvalue weighted by Crippen LogP contribution is -1.97. The molecule has 0 N–H and O–H groups in total. The van der Waals surface area contributed by atoms with Crippen molar-refractivity contribution in [3.63, 3.8) is 0 Å². The van der Waals surface area contributed by atoms with Crippen LogP contribution in [0.1, 0.15) is 26.2 Å². The van der Waals surface area contributed by atoms with E-state index >= 15 is 0 Å². The highest BCUT2D eigenvalue weighted by Crippen LogP contribution is 2.20. The smallest absolute Gasteiger partial charge is 0.141 e. The summed E-state index contributed by atoms with van der Waals surface area (Å²) in [5, 5.41) is 0. The Balaban J connectivity index is 2.39. The quantitative estimate of drug-likeness (QED) is 0.723. The topological polar surface area (TPSA) is 9.23 Å². The van der Waals surface area contributed by atoms with Crippen LogP contribution in [-0.2, 0) is 0 Å². The molecule has 0 aliphatic rings. The Morgan fingerprint density at radius 3 is 2.79 bits per heavy atom. The number of benzene rings is 1. The van der Waals surface area contributed by atoms with Gasteiger partial charge in [0, 0.05) is 6.07 Å². The van der Waals surface area contributed by atoms with Gasteiger partial charge in [0.05, 0.1) is 11.1 Å². The number of hydrogen-bond donors (Lipinski definition) is 0. The predicted molar refractivity (Wildman–Crippen MR) is 59.1 cm³/mol. The van der Waals surface area contributed by atoms with Gasteiger partial charge in [-0.25, -0.2) is 4.39 Å². The fourth-order valence-corrected chi connectivity index (χ4v) is 1.36. The van der Waals surface area contributed by atoms with Gasteiger partial charge in [0.1, 0.15) is 11.6 Å². The summed E-state index contributed by atoms with van der Waals surface area (Å²) in [5.74, 6) is 0.319. The average molecular weight is 261 g/mol. The predicted octanol–water partition coefficient (Wildman–Crippen LogP) is 4.16. The van der Waals surface area contributed by atoms with Gasteiger partial charge in [-0.2, -0.15) is 0 Å². The molecule has 1 rings (SSSR count). The molecule has 0 spiro atoms. The summed E-state index contributed by atoms with van der Waals surface area (Å²) < 4.78 is 18.9. The summed E-state index contributed by atoms with van der Waals surface area (Å²) in [5.41, 5.74) is 0. The van der Waals surface area contributed by atoms with Gasteiger partial charge in [-0.15, -0.1) is 0 Å². The third kappa shape index (κ3) is 3.66. The van der Waals surface area contributed by atoms with E-state index in [2.05, 4.69) is 22.9 Å². The summed E-state index contributed by atoms with van der Waals surface area (Å²) in [6, 6.07) is 4.82. The van der Waals surface area contributed by atoms with Crippen molar-refractivity contribution >= 4 is 15.9 Å². The first-order valence-corrected chi connectivity index (χ1v) is 5.61. The molecule has 1 nitrogen and oxygen atoms in total. The second-order valence-corrected chi connectivity index (χ2v) is 3.99. The molecule has 0 unspecified atom stereocenters. The lowest BCUT2D eigenvalue weighted by molar-refractivity contribution is 0.304. The zero-order chi connectivity index (χ0) is 10.4. The van der Waals surface area contributed by atoms with Crippen molar-refractivity contribution < 1.29 is 9.13 Å². The van der Waals surface area contributed by atoms with Gasteiger partial charge in [-0.05, 0) is 34.5 Å². The Labute approximate surface area is 92.4 Å². The minimum absolute atomic E-state index is 0.280. The normalized spacial score (nSPS) is 10.2. The van der Waals surface area contributed by atoms with Crippen LogP contribution >= 0.6 is 15.9 Å². The van der Waals surface area contributed by atoms with Crippen molar-refractivity contribution in [3.05, 3.63) is 28.5 Å². The van der Waals surface area contributed by atoms with Crippen molar-refractivity contribution in [2.24, 2.45) is 0 Å². The minimum atomic E-state index is -0.280. The Morgan fingerprint density at radius 2 is 2.14 bits per heavy atom. The number of halogens is 2. The molecule has 0 bridgehead atoms. The first kappa shape index (κ1) is 11.5. The highest BCUT2D eigenvalue weighted by Gasteiger charge is 2.00. The van der Waals surface area contributed by atoms with Crippen LogP contribution in [0, 0.1) is 5.82 Å². The highest BCUT2D eigenvalue weighted by molar-refractivity contribution is 9.10. The largest absolute Gasteiger partial charge is 0.493 e. The maximum atomic E-state index is 13.0. The van der Waals surface area contributed by atoms with Gasteiger partial charge < -0.3 is 4.74 Å². The lowest BCUT2D eigenvalue weighted by Gasteiger charge is -2.05. The van der Waals surface area contributed by atoms with Crippen molar-refractivity contribution in [2.45, 2.75) is 26.2 Å². The lowest BCUT2D eigenvalue weighted by atomic mass is 10.3. The molecular weight excluding hydrogens is 247 g/mol. The fraction of sp³-hybridized carbons (Fsp3) is 0.455. The third-order valence-electron chi connectivity index (χ3n) is 1.91. The second kappa shape index (κ2) is 6.02. The number of hydrogen-bond acceptors (Lipinski definition) is 1. The third-order valence-corrected chi connectivity index (χ3v) is 2.55. The average Bonchev–Trinajstić information content (AvgIpc) is 2.18. The van der Waals surface area contributed by atoms with Crippen LogP contribution in [0.15, 0.2) is 22.7 Å². The maximum Gasteiger partial charge on any atom is 0.141 e. The Morgan fingerprint density at radius 1 is 1.36 bits per heavy atom. The van der Waals surface area contributed by atoms with E-state index in [0.717, 1.165) is 19.3 Å². The van der Waals surface area contributed by atoms with Crippen LogP contribution in [-0.4, -0.2) is 6.61 Å². The Kier molecular flexibility index (Phi) is 4.94. The van der Waals surface area contributed by atoms with Gasteiger partial charge in [0.25, 0.3) is 0 Å². The molecule has 0 fully saturated rings. The first-order chi connectivity index (χ1) is 6.74. The fourth-order valence-electron chi connectivity index (χ4n) is 1.11. The standard InChI is InChI=1S/C11H14BrFO/c1-2-3-4-7-14-9-5-6-10(12)11(13)8-9/h5-6,8H,2-4,7H2,1H3. The minimum Gasteiger partial charge on any atom is -0.493 e. The molecule has 0 radical (unpaired) electrons. The Bertz CT molecular complexity index is 289. The molecule has 78 valence electrons. The van der Waals surface area contributed by atoms with E-state index in [-0.39, 0.29) is 5.82 Å². The van der Waals surface area contributed by atoms with Crippen molar-refractivity contribution in [2.75, 3.05) is 6.61 Å². The van der Waals surface area contributed by atoms with E-state index in [1.807, 2.05) is 0 Å². The Hall–Kier alpha value is -0.570. The summed E-state index contributed by atoms with van der Waals surface area (Å²) in [4.78, 5) is 0. The summed E-state index contributed by atoms with van der Waals surface area (Å²) in [6.45, 7) is 2.80. The molecule has 1 aromatic rings. The maximum absolute atomic E-state index is 13.0. The molecule has 1 aromatic carbocycles. The first-order valence-electron chi connectivity index (χ1n) is 4.82. The van der Waals surface area contributed by atoms with Crippen LogP contribution in [0.2, 0.25) is 0 Å². The molecular formula is C11H14BrFO. The van der Waals surface area contributed by atoms with Gasteiger partial charge in [0.2, 0.25) is 0 Å². The zero-order valence-corrected chi connectivity index (χ0v) is 9.81. The number of unbranched alkanes of at least 4 members (excludes halogenated alkanes) is 2. The van der Waals surface area contributed by atoms with Crippen molar-refractivity contribution in [3.8, 4) is 5.75 Å². The van der Waals surface area contributed by atoms with Crippen LogP contribution in [0.5, 0.6) is 5.75 Å². The van der Waals surface area contributed by atoms with Gasteiger partial charge in [-0.3, -0.25) is 0 Å². The summed E-state index contributed by atoms with van der Waals surface area (Å²) in [6.07, 6.45) is 3.34. The monoisotopic (exact) mass is 260 g/mol. The summed E-state index contributed by atoms with van der Waals surface area (Å²) in [7, 11) is 0. The van der Waals surface area contributed by atoms with Crippen LogP contribution < -0.4 is 4.74 Å². The number of ether oxygens (including phenoxy) is 1. The van der Waals surface area contributed by atoms with Crippen molar-refractivity contribution in [1.29, 1.82) is 0 Å². The highest BCUT2D eigenvalue weighted by atomic mass is 79.9. The molecule has 14 heavy (non-hydrogen) atoms. The molecule has 3 heteroatoms. The van der Waals surface area contributed by atoms with Gasteiger partial charge >= 0.3 is 0 Å².